The highest BCUT2D eigenvalue weighted by molar-refractivity contribution is 7.76. The predicted molar refractivity (Wildman–Crippen MR) is 49.1 cm³/mol. The van der Waals surface area contributed by atoms with E-state index in [4.69, 9.17) is 4.55 Å². The van der Waals surface area contributed by atoms with E-state index in [0.717, 1.165) is 26.1 Å². The second-order valence-corrected chi connectivity index (χ2v) is 3.98. The maximum atomic E-state index is 10.6. The van der Waals surface area contributed by atoms with Crippen molar-refractivity contribution in [3.8, 4) is 0 Å². The summed E-state index contributed by atoms with van der Waals surface area (Å²) in [6, 6.07) is 0. The van der Waals surface area contributed by atoms with Crippen LogP contribution in [0.1, 0.15) is 13.3 Å². The predicted octanol–water partition coefficient (Wildman–Crippen LogP) is 0.151. The Hall–Kier alpha value is 0.0300. The van der Waals surface area contributed by atoms with Gasteiger partial charge in [0, 0.05) is 26.2 Å². The van der Waals surface area contributed by atoms with Crippen LogP contribution in [0.5, 0.6) is 0 Å². The lowest BCUT2D eigenvalue weighted by molar-refractivity contribution is 0.187. The first-order chi connectivity index (χ1) is 5.74. The van der Waals surface area contributed by atoms with Crippen LogP contribution in [-0.2, 0) is 11.3 Å². The van der Waals surface area contributed by atoms with E-state index in [2.05, 4.69) is 11.8 Å². The van der Waals surface area contributed by atoms with Gasteiger partial charge < -0.3 is 4.90 Å². The Bertz CT molecular complexity index is 157. The van der Waals surface area contributed by atoms with Crippen LogP contribution in [0.4, 0.5) is 0 Å². The summed E-state index contributed by atoms with van der Waals surface area (Å²) < 4.78 is 21.0. The monoisotopic (exact) mass is 192 g/mol. The fourth-order valence-electron chi connectivity index (χ4n) is 1.43. The zero-order valence-electron chi connectivity index (χ0n) is 7.40. The summed E-state index contributed by atoms with van der Waals surface area (Å²) in [5, 5.41) is 0. The molecule has 1 unspecified atom stereocenters. The smallest absolute Gasteiger partial charge is 0.234 e. The molecule has 0 amide bonds. The van der Waals surface area contributed by atoms with E-state index in [1.165, 1.54) is 0 Å². The van der Waals surface area contributed by atoms with Crippen LogP contribution in [0.2, 0.25) is 0 Å². The number of hydrogen-bond donors (Lipinski definition) is 1. The molecule has 5 heteroatoms. The van der Waals surface area contributed by atoms with Crippen LogP contribution in [0.25, 0.3) is 0 Å². The molecule has 12 heavy (non-hydrogen) atoms. The average Bonchev–Trinajstić information content (AvgIpc) is 2.06. The molecular formula is C7H16N2O2S. The highest BCUT2D eigenvalue weighted by Crippen LogP contribution is 2.03. The molecule has 1 rings (SSSR count). The zero-order chi connectivity index (χ0) is 8.97. The second kappa shape index (κ2) is 4.91. The molecule has 72 valence electrons. The summed E-state index contributed by atoms with van der Waals surface area (Å²) in [5.41, 5.74) is 0. The Kier molecular flexibility index (Phi) is 4.14. The molecule has 0 aromatic carbocycles. The Morgan fingerprint density at radius 2 is 1.92 bits per heavy atom. The van der Waals surface area contributed by atoms with Crippen molar-refractivity contribution in [2.24, 2.45) is 0 Å². The first kappa shape index (κ1) is 10.1. The third-order valence-corrected chi connectivity index (χ3v) is 2.90. The Morgan fingerprint density at radius 3 is 2.33 bits per heavy atom. The normalized spacial score (nSPS) is 24.2. The van der Waals surface area contributed by atoms with E-state index in [1.807, 2.05) is 0 Å². The minimum Gasteiger partial charge on any atom is -0.301 e. The summed E-state index contributed by atoms with van der Waals surface area (Å²) in [6.45, 7) is 6.51. The van der Waals surface area contributed by atoms with Crippen molar-refractivity contribution in [2.75, 3.05) is 32.7 Å². The zero-order valence-corrected chi connectivity index (χ0v) is 8.22. The summed E-state index contributed by atoms with van der Waals surface area (Å²) >= 11 is -1.76. The van der Waals surface area contributed by atoms with Gasteiger partial charge in [-0.05, 0) is 13.0 Å². The summed E-state index contributed by atoms with van der Waals surface area (Å²) in [4.78, 5) is 2.32. The molecule has 1 N–H and O–H groups in total. The van der Waals surface area contributed by atoms with Crippen LogP contribution in [0.15, 0.2) is 0 Å². The summed E-state index contributed by atoms with van der Waals surface area (Å²) in [5.74, 6) is 0. The Labute approximate surface area is 76.0 Å². The van der Waals surface area contributed by atoms with E-state index in [-0.39, 0.29) is 0 Å². The molecule has 0 aromatic heterocycles. The SMILES string of the molecule is CCCN1CCN(S(=O)O)CC1. The molecule has 0 saturated carbocycles. The molecular weight excluding hydrogens is 176 g/mol. The summed E-state index contributed by atoms with van der Waals surface area (Å²) in [7, 11) is 0. The van der Waals surface area contributed by atoms with Crippen molar-refractivity contribution in [3.05, 3.63) is 0 Å². The highest BCUT2D eigenvalue weighted by atomic mass is 32.2. The molecule has 1 saturated heterocycles. The van der Waals surface area contributed by atoms with Crippen LogP contribution < -0.4 is 0 Å². The van der Waals surface area contributed by atoms with Gasteiger partial charge in [-0.15, -0.1) is 0 Å². The molecule has 1 fully saturated rings. The molecule has 0 bridgehead atoms. The van der Waals surface area contributed by atoms with Gasteiger partial charge in [-0.1, -0.05) is 6.92 Å². The maximum absolute atomic E-state index is 10.6. The van der Waals surface area contributed by atoms with Crippen molar-refractivity contribution >= 4 is 11.3 Å². The quantitative estimate of drug-likeness (QED) is 0.647. The minimum absolute atomic E-state index is 0.711. The third-order valence-electron chi connectivity index (χ3n) is 2.09. The molecule has 0 aromatic rings. The van der Waals surface area contributed by atoms with E-state index in [9.17, 15) is 4.21 Å². The summed E-state index contributed by atoms with van der Waals surface area (Å²) in [6.07, 6.45) is 1.15. The molecule has 0 spiro atoms. The fourth-order valence-corrected chi connectivity index (χ4v) is 1.90. The van der Waals surface area contributed by atoms with Gasteiger partial charge in [-0.2, -0.15) is 4.31 Å². The number of piperazine rings is 1. The number of hydrogen-bond acceptors (Lipinski definition) is 2. The number of rotatable bonds is 3. The second-order valence-electron chi connectivity index (χ2n) is 3.00. The minimum atomic E-state index is -1.76. The molecule has 0 aliphatic carbocycles. The van der Waals surface area contributed by atoms with Crippen molar-refractivity contribution < 1.29 is 8.76 Å². The van der Waals surface area contributed by atoms with E-state index in [0.29, 0.717) is 13.1 Å². The highest BCUT2D eigenvalue weighted by Gasteiger charge is 2.18. The van der Waals surface area contributed by atoms with Crippen LogP contribution >= 0.6 is 0 Å². The van der Waals surface area contributed by atoms with Gasteiger partial charge in [0.1, 0.15) is 0 Å². The van der Waals surface area contributed by atoms with Gasteiger partial charge in [0.2, 0.25) is 11.3 Å². The lowest BCUT2D eigenvalue weighted by atomic mass is 10.3. The Morgan fingerprint density at radius 1 is 1.33 bits per heavy atom. The molecule has 4 nitrogen and oxygen atoms in total. The van der Waals surface area contributed by atoms with Crippen molar-refractivity contribution in [1.82, 2.24) is 9.21 Å². The van der Waals surface area contributed by atoms with Crippen LogP contribution in [-0.4, -0.2) is 50.7 Å². The van der Waals surface area contributed by atoms with Gasteiger partial charge >= 0.3 is 0 Å². The first-order valence-electron chi connectivity index (χ1n) is 4.32. The van der Waals surface area contributed by atoms with Crippen molar-refractivity contribution in [1.29, 1.82) is 0 Å². The molecule has 1 heterocycles. The molecule has 0 radical (unpaired) electrons. The lowest BCUT2D eigenvalue weighted by Crippen LogP contribution is -2.46. The average molecular weight is 192 g/mol. The largest absolute Gasteiger partial charge is 0.301 e. The van der Waals surface area contributed by atoms with Gasteiger partial charge in [-0.25, -0.2) is 4.21 Å². The third kappa shape index (κ3) is 2.82. The van der Waals surface area contributed by atoms with Gasteiger partial charge in [0.05, 0.1) is 0 Å². The topological polar surface area (TPSA) is 43.8 Å². The van der Waals surface area contributed by atoms with E-state index >= 15 is 0 Å². The standard InChI is InChI=1S/C7H16N2O2S/c1-2-3-8-4-6-9(7-5-8)12(10)11/h2-7H2,1H3,(H,10,11). The van der Waals surface area contributed by atoms with Crippen molar-refractivity contribution in [2.45, 2.75) is 13.3 Å². The van der Waals surface area contributed by atoms with Crippen molar-refractivity contribution in [3.63, 3.8) is 0 Å². The molecule has 1 atom stereocenters. The van der Waals surface area contributed by atoms with Crippen LogP contribution in [0, 0.1) is 0 Å². The molecule has 1 aliphatic rings. The first-order valence-corrected chi connectivity index (χ1v) is 5.38. The molecule has 1 aliphatic heterocycles. The van der Waals surface area contributed by atoms with Gasteiger partial charge in [-0.3, -0.25) is 4.55 Å². The number of nitrogens with zero attached hydrogens (tertiary/aromatic N) is 2. The fraction of sp³-hybridized carbons (Fsp3) is 1.00. The van der Waals surface area contributed by atoms with E-state index in [1.54, 1.807) is 4.31 Å². The maximum Gasteiger partial charge on any atom is 0.234 e. The van der Waals surface area contributed by atoms with Gasteiger partial charge in [0.25, 0.3) is 0 Å². The van der Waals surface area contributed by atoms with Crippen LogP contribution in [0.3, 0.4) is 0 Å². The van der Waals surface area contributed by atoms with E-state index < -0.39 is 11.3 Å². The lowest BCUT2D eigenvalue weighted by Gasteiger charge is -2.31. The Balaban J connectivity index is 2.25. The van der Waals surface area contributed by atoms with Gasteiger partial charge in [0.15, 0.2) is 0 Å².